The van der Waals surface area contributed by atoms with E-state index in [0.717, 1.165) is 41.6 Å². The Bertz CT molecular complexity index is 1600. The molecule has 0 amide bonds. The summed E-state index contributed by atoms with van der Waals surface area (Å²) < 4.78 is 65.1. The van der Waals surface area contributed by atoms with Gasteiger partial charge in [-0.3, -0.25) is 4.90 Å². The number of likely N-dealkylation sites (tertiary alicyclic amines) is 1. The van der Waals surface area contributed by atoms with Gasteiger partial charge in [-0.25, -0.2) is 26.9 Å². The largest absolute Gasteiger partial charge is 0.473 e. The Balaban J connectivity index is 1.50. The maximum Gasteiger partial charge on any atom is 0.264 e. The first-order valence-corrected chi connectivity index (χ1v) is 17.2. The van der Waals surface area contributed by atoms with Crippen molar-refractivity contribution in [1.29, 1.82) is 0 Å². The molecule has 1 saturated heterocycles. The molecule has 44 heavy (non-hydrogen) atoms. The summed E-state index contributed by atoms with van der Waals surface area (Å²) in [6.07, 6.45) is 2.06. The molecule has 236 valence electrons. The van der Waals surface area contributed by atoms with E-state index in [4.69, 9.17) is 4.74 Å². The number of aromatic nitrogens is 2. The van der Waals surface area contributed by atoms with Gasteiger partial charge in [-0.2, -0.15) is 4.98 Å². The maximum atomic E-state index is 14.1. The third-order valence-corrected chi connectivity index (χ3v) is 10.9. The van der Waals surface area contributed by atoms with Gasteiger partial charge in [0.1, 0.15) is 6.10 Å². The van der Waals surface area contributed by atoms with Crippen molar-refractivity contribution >= 4 is 16.0 Å². The van der Waals surface area contributed by atoms with Crippen LogP contribution in [0.2, 0.25) is 0 Å². The number of nitrogens with zero attached hydrogens (tertiary/aromatic N) is 3. The Morgan fingerprint density at radius 1 is 1.02 bits per heavy atom. The lowest BCUT2D eigenvalue weighted by Crippen LogP contribution is -2.46. The molecule has 6 rings (SSSR count). The van der Waals surface area contributed by atoms with E-state index < -0.39 is 15.9 Å². The molecule has 3 atom stereocenters. The number of aryl methyl sites for hydroxylation is 2. The lowest BCUT2D eigenvalue weighted by Gasteiger charge is -2.38. The zero-order valence-corrected chi connectivity index (χ0v) is 26.7. The van der Waals surface area contributed by atoms with Crippen LogP contribution in [0.15, 0.2) is 53.4 Å². The van der Waals surface area contributed by atoms with Gasteiger partial charge in [-0.1, -0.05) is 44.2 Å². The normalized spacial score (nSPS) is 25.2. The van der Waals surface area contributed by atoms with Gasteiger partial charge < -0.3 is 4.74 Å². The van der Waals surface area contributed by atoms with E-state index in [9.17, 15) is 17.2 Å². The van der Waals surface area contributed by atoms with Crippen LogP contribution in [0.5, 0.6) is 5.88 Å². The highest BCUT2D eigenvalue weighted by atomic mass is 32.2. The van der Waals surface area contributed by atoms with Crippen LogP contribution in [0.4, 0.5) is 14.7 Å². The molecule has 1 saturated carbocycles. The monoisotopic (exact) mass is 624 g/mol. The molecule has 3 heterocycles. The van der Waals surface area contributed by atoms with Gasteiger partial charge in [0.05, 0.1) is 10.6 Å². The van der Waals surface area contributed by atoms with Crippen molar-refractivity contribution in [3.05, 3.63) is 65.2 Å². The second-order valence-corrected chi connectivity index (χ2v) is 15.0. The van der Waals surface area contributed by atoms with Crippen molar-refractivity contribution in [2.24, 2.45) is 11.8 Å². The van der Waals surface area contributed by atoms with Gasteiger partial charge in [-0.15, -0.1) is 0 Å². The molecule has 6 bridgehead atoms. The zero-order valence-electron chi connectivity index (χ0n) is 25.9. The zero-order chi connectivity index (χ0) is 31.2. The molecule has 2 aliphatic heterocycles. The minimum absolute atomic E-state index is 0.0198. The first-order chi connectivity index (χ1) is 20.9. The third-order valence-electron chi connectivity index (χ3n) is 9.62. The maximum absolute atomic E-state index is 14.1. The number of alkyl halides is 2. The smallest absolute Gasteiger partial charge is 0.264 e. The van der Waals surface area contributed by atoms with Crippen LogP contribution in [-0.4, -0.2) is 54.4 Å². The number of nitrogens with one attached hydrogen (secondary N) is 1. The summed E-state index contributed by atoms with van der Waals surface area (Å²) in [5.74, 6) is -1.92. The second kappa shape index (κ2) is 12.0. The van der Waals surface area contributed by atoms with Gasteiger partial charge in [0, 0.05) is 43.0 Å². The highest BCUT2D eigenvalue weighted by Crippen LogP contribution is 2.43. The number of fused-ring (bicyclic) bond motifs is 7. The van der Waals surface area contributed by atoms with Gasteiger partial charge in [0.2, 0.25) is 17.8 Å². The lowest BCUT2D eigenvalue weighted by molar-refractivity contribution is -0.0565. The molecule has 10 heteroatoms. The summed E-state index contributed by atoms with van der Waals surface area (Å²) in [4.78, 5) is 11.8. The van der Waals surface area contributed by atoms with Crippen molar-refractivity contribution in [1.82, 2.24) is 14.9 Å². The lowest BCUT2D eigenvalue weighted by atomic mass is 9.77. The summed E-state index contributed by atoms with van der Waals surface area (Å²) >= 11 is 0. The fourth-order valence-corrected chi connectivity index (χ4v) is 8.48. The van der Waals surface area contributed by atoms with Crippen molar-refractivity contribution in [2.75, 3.05) is 17.8 Å². The van der Waals surface area contributed by atoms with Crippen LogP contribution in [0.1, 0.15) is 75.0 Å². The highest BCUT2D eigenvalue weighted by Gasteiger charge is 2.42. The predicted octanol–water partition coefficient (Wildman–Crippen LogP) is 7.35. The Morgan fingerprint density at radius 2 is 1.73 bits per heavy atom. The summed E-state index contributed by atoms with van der Waals surface area (Å²) in [5, 5.41) is 0. The first-order valence-electron chi connectivity index (χ1n) is 15.8. The van der Waals surface area contributed by atoms with E-state index in [2.05, 4.69) is 33.4 Å². The number of ether oxygens (including phenoxy) is 1. The van der Waals surface area contributed by atoms with Crippen LogP contribution < -0.4 is 9.46 Å². The summed E-state index contributed by atoms with van der Waals surface area (Å²) in [7, 11) is -3.99. The van der Waals surface area contributed by atoms with Gasteiger partial charge in [0.25, 0.3) is 10.0 Å². The standard InChI is InChI=1S/C34H42F2N4O3S/c1-21(2)17-28-27-13-16-40(25-11-14-34(35,36)15-12-25)20-30(28)43-31-19-29(32-22(3)7-5-8-23(32)4)37-33(38-31)39-44(41,42)26-10-6-9-24(27)18-26/h5-10,18-19,21,25,27-28,30H,11-17,20H2,1-4H3,(H,37,38,39)/t27?,28-,30+/m0/s1. The van der Waals surface area contributed by atoms with Crippen molar-refractivity contribution in [3.8, 4) is 17.1 Å². The third kappa shape index (κ3) is 6.47. The Labute approximate surface area is 259 Å². The predicted molar refractivity (Wildman–Crippen MR) is 168 cm³/mol. The average molecular weight is 625 g/mol. The minimum atomic E-state index is -3.99. The molecule has 1 aliphatic carbocycles. The van der Waals surface area contributed by atoms with Gasteiger partial charge in [-0.05, 0) is 86.7 Å². The van der Waals surface area contributed by atoms with E-state index in [0.29, 0.717) is 36.9 Å². The number of sulfonamides is 1. The molecule has 1 unspecified atom stereocenters. The number of anilines is 1. The number of hydrogen-bond acceptors (Lipinski definition) is 6. The topological polar surface area (TPSA) is 84.4 Å². The van der Waals surface area contributed by atoms with E-state index >= 15 is 0 Å². The van der Waals surface area contributed by atoms with Crippen molar-refractivity contribution in [2.45, 2.75) is 95.1 Å². The number of benzene rings is 2. The summed E-state index contributed by atoms with van der Waals surface area (Å²) in [6.45, 7) is 9.70. The molecule has 1 N–H and O–H groups in total. The fraction of sp³-hybridized carbons (Fsp3) is 0.529. The van der Waals surface area contributed by atoms with Crippen molar-refractivity contribution in [3.63, 3.8) is 0 Å². The van der Waals surface area contributed by atoms with Gasteiger partial charge >= 0.3 is 0 Å². The van der Waals surface area contributed by atoms with Crippen LogP contribution >= 0.6 is 0 Å². The Hall–Kier alpha value is -3.11. The number of halogens is 2. The summed E-state index contributed by atoms with van der Waals surface area (Å²) in [6, 6.07) is 15.0. The molecular weight excluding hydrogens is 582 g/mol. The molecule has 1 aromatic heterocycles. The van der Waals surface area contributed by atoms with E-state index in [1.54, 1.807) is 24.3 Å². The van der Waals surface area contributed by atoms with E-state index in [1.807, 2.05) is 38.1 Å². The Morgan fingerprint density at radius 3 is 2.43 bits per heavy atom. The quantitative estimate of drug-likeness (QED) is 0.327. The molecule has 2 aromatic carbocycles. The van der Waals surface area contributed by atoms with Crippen LogP contribution in [0, 0.1) is 25.7 Å². The number of hydrogen-bond donors (Lipinski definition) is 1. The molecular formula is C34H42F2N4O3S. The summed E-state index contributed by atoms with van der Waals surface area (Å²) in [5.41, 5.74) is 4.43. The Kier molecular flexibility index (Phi) is 8.43. The highest BCUT2D eigenvalue weighted by molar-refractivity contribution is 7.92. The molecule has 3 aromatic rings. The van der Waals surface area contributed by atoms with Crippen LogP contribution in [0.25, 0.3) is 11.3 Å². The van der Waals surface area contributed by atoms with Gasteiger partial charge in [0.15, 0.2) is 0 Å². The van der Waals surface area contributed by atoms with E-state index in [-0.39, 0.29) is 47.7 Å². The first kappa shape index (κ1) is 30.9. The molecule has 7 nitrogen and oxygen atoms in total. The van der Waals surface area contributed by atoms with E-state index in [1.165, 1.54) is 0 Å². The SMILES string of the molecule is Cc1cccc(C)c1-c1cc2nc(n1)NS(=O)(=O)c1cccc(c1)C1CCN(C3CCC(F)(F)CC3)C[C@@H](O2)[C@H]1CC(C)C. The molecule has 3 aliphatic rings. The van der Waals surface area contributed by atoms with Crippen molar-refractivity contribution < 1.29 is 21.9 Å². The molecule has 0 spiro atoms. The number of rotatable bonds is 4. The molecule has 0 radical (unpaired) electrons. The fourth-order valence-electron chi connectivity index (χ4n) is 7.48. The second-order valence-electron chi connectivity index (χ2n) is 13.3. The average Bonchev–Trinajstić information content (AvgIpc) is 3.11. The van der Waals surface area contributed by atoms with Crippen LogP contribution in [-0.2, 0) is 10.0 Å². The molecule has 2 fully saturated rings. The minimum Gasteiger partial charge on any atom is -0.473 e. The van der Waals surface area contributed by atoms with Crippen LogP contribution in [0.3, 0.4) is 0 Å².